The normalized spacial score (nSPS) is 21.6. The second-order valence-corrected chi connectivity index (χ2v) is 11.4. The Bertz CT molecular complexity index is 1650. The van der Waals surface area contributed by atoms with Crippen LogP contribution in [0.3, 0.4) is 0 Å². The summed E-state index contributed by atoms with van der Waals surface area (Å²) in [5, 5.41) is 8.03. The van der Waals surface area contributed by atoms with Crippen LogP contribution in [0.15, 0.2) is 53.4 Å². The molecule has 1 saturated carbocycles. The molecule has 1 saturated heterocycles. The number of benzene rings is 1. The Kier molecular flexibility index (Phi) is 6.05. The molecule has 11 heteroatoms. The second kappa shape index (κ2) is 9.33. The van der Waals surface area contributed by atoms with E-state index in [2.05, 4.69) is 48.2 Å². The first-order valence-corrected chi connectivity index (χ1v) is 13.5. The lowest BCUT2D eigenvalue weighted by molar-refractivity contribution is -0.138. The average molecular weight is 588 g/mol. The van der Waals surface area contributed by atoms with E-state index in [9.17, 15) is 14.4 Å². The van der Waals surface area contributed by atoms with Crippen LogP contribution in [0.1, 0.15) is 43.0 Å². The number of nitrogens with zero attached hydrogens (tertiary/aromatic N) is 6. The van der Waals surface area contributed by atoms with E-state index in [1.54, 1.807) is 40.2 Å². The summed E-state index contributed by atoms with van der Waals surface area (Å²) in [6, 6.07) is 10.3. The molecule has 2 amide bonds. The van der Waals surface area contributed by atoms with Gasteiger partial charge in [-0.2, -0.15) is 5.10 Å². The molecule has 3 atom stereocenters. The number of anilines is 1. The molecule has 39 heavy (non-hydrogen) atoms. The zero-order chi connectivity index (χ0) is 27.5. The van der Waals surface area contributed by atoms with Gasteiger partial charge < -0.3 is 10.2 Å². The number of pyridine rings is 1. The van der Waals surface area contributed by atoms with Gasteiger partial charge in [-0.15, -0.1) is 0 Å². The number of aromatic nitrogens is 5. The van der Waals surface area contributed by atoms with Crippen molar-refractivity contribution < 1.29 is 14.4 Å². The number of piperidine rings is 1. The fraction of sp³-hybridized carbons (Fsp3) is 0.321. The lowest BCUT2D eigenvalue weighted by atomic mass is 10.0. The van der Waals surface area contributed by atoms with Gasteiger partial charge in [0.25, 0.3) is 0 Å². The van der Waals surface area contributed by atoms with E-state index in [0.717, 1.165) is 17.5 Å². The number of aryl methyl sites for hydroxylation is 1. The minimum absolute atomic E-state index is 0.00142. The van der Waals surface area contributed by atoms with Crippen molar-refractivity contribution in [3.05, 3.63) is 64.9 Å². The highest BCUT2D eigenvalue weighted by Crippen LogP contribution is 2.59. The number of hydrogen-bond acceptors (Lipinski definition) is 7. The molecule has 6 rings (SSSR count). The summed E-state index contributed by atoms with van der Waals surface area (Å²) in [7, 11) is 0. The number of Topliss-reactive ketones (excluding diaryl/α,β-unsaturated/α-hetero) is 1. The molecule has 198 valence electrons. The Morgan fingerprint density at radius 2 is 1.87 bits per heavy atom. The number of halogens is 1. The van der Waals surface area contributed by atoms with Crippen molar-refractivity contribution in [2.24, 2.45) is 5.41 Å². The molecule has 3 aromatic heterocycles. The van der Waals surface area contributed by atoms with Crippen LogP contribution in [-0.2, 0) is 16.1 Å². The van der Waals surface area contributed by atoms with E-state index in [1.807, 2.05) is 25.1 Å². The molecule has 0 radical (unpaired) electrons. The highest BCUT2D eigenvalue weighted by atomic mass is 79.9. The molecule has 0 bridgehead atoms. The van der Waals surface area contributed by atoms with Crippen molar-refractivity contribution in [3.8, 4) is 11.1 Å². The minimum atomic E-state index is -0.607. The number of carbonyl (C=O) groups excluding carboxylic acids is 3. The number of amides is 2. The van der Waals surface area contributed by atoms with Crippen molar-refractivity contribution in [3.63, 3.8) is 0 Å². The summed E-state index contributed by atoms with van der Waals surface area (Å²) < 4.78 is 2.17. The van der Waals surface area contributed by atoms with Crippen molar-refractivity contribution >= 4 is 50.2 Å². The Balaban J connectivity index is 1.29. The van der Waals surface area contributed by atoms with Gasteiger partial charge in [0.2, 0.25) is 11.8 Å². The van der Waals surface area contributed by atoms with E-state index in [0.29, 0.717) is 39.3 Å². The fourth-order valence-electron chi connectivity index (χ4n) is 5.54. The van der Waals surface area contributed by atoms with Gasteiger partial charge in [-0.1, -0.05) is 19.1 Å². The van der Waals surface area contributed by atoms with E-state index < -0.39 is 6.04 Å². The Hall–Kier alpha value is -3.99. The Morgan fingerprint density at radius 3 is 2.59 bits per heavy atom. The summed E-state index contributed by atoms with van der Waals surface area (Å²) in [4.78, 5) is 54.0. The molecule has 2 aliphatic rings. The molecule has 1 aliphatic carbocycles. The summed E-state index contributed by atoms with van der Waals surface area (Å²) in [6.07, 6.45) is 4.92. The SMILES string of the molecule is CC(=O)c1nn(CC(=O)N2[C@H](C(=O)Nc3cccc(Br)n3)C[C@@]3(C)C[C@@H]23)c2ccc(-c3cnc(C)nc3)cc12. The Labute approximate surface area is 233 Å². The molecule has 1 aromatic carbocycles. The molecular formula is C28H26BrN7O3. The number of hydrogen-bond donors (Lipinski definition) is 1. The number of carbonyl (C=O) groups is 3. The van der Waals surface area contributed by atoms with Crippen LogP contribution in [0.5, 0.6) is 0 Å². The first kappa shape index (κ1) is 25.3. The zero-order valence-corrected chi connectivity index (χ0v) is 23.3. The summed E-state index contributed by atoms with van der Waals surface area (Å²) in [5.74, 6) is 0.426. The van der Waals surface area contributed by atoms with Gasteiger partial charge in [0.1, 0.15) is 34.5 Å². The van der Waals surface area contributed by atoms with Crippen LogP contribution in [0.4, 0.5) is 5.82 Å². The lowest BCUT2D eigenvalue weighted by Gasteiger charge is -2.26. The third-order valence-corrected chi connectivity index (χ3v) is 8.12. The van der Waals surface area contributed by atoms with Crippen molar-refractivity contribution in [1.82, 2.24) is 29.6 Å². The fourth-order valence-corrected chi connectivity index (χ4v) is 5.88. The van der Waals surface area contributed by atoms with Gasteiger partial charge in [-0.25, -0.2) is 15.0 Å². The highest BCUT2D eigenvalue weighted by Gasteiger charge is 2.64. The molecule has 10 nitrogen and oxygen atoms in total. The van der Waals surface area contributed by atoms with Crippen LogP contribution in [0, 0.1) is 12.3 Å². The molecule has 1 N–H and O–H groups in total. The maximum absolute atomic E-state index is 13.7. The van der Waals surface area contributed by atoms with Gasteiger partial charge in [0.15, 0.2) is 5.78 Å². The van der Waals surface area contributed by atoms with Gasteiger partial charge in [-0.3, -0.25) is 19.1 Å². The number of rotatable bonds is 6. The van der Waals surface area contributed by atoms with Crippen LogP contribution in [0.25, 0.3) is 22.0 Å². The maximum Gasteiger partial charge on any atom is 0.248 e. The van der Waals surface area contributed by atoms with Crippen molar-refractivity contribution in [2.75, 3.05) is 5.32 Å². The smallest absolute Gasteiger partial charge is 0.248 e. The van der Waals surface area contributed by atoms with Gasteiger partial charge in [-0.05, 0) is 70.9 Å². The predicted octanol–water partition coefficient (Wildman–Crippen LogP) is 4.18. The summed E-state index contributed by atoms with van der Waals surface area (Å²) in [5.41, 5.74) is 2.55. The Morgan fingerprint density at radius 1 is 1.10 bits per heavy atom. The predicted molar refractivity (Wildman–Crippen MR) is 148 cm³/mol. The van der Waals surface area contributed by atoms with Crippen molar-refractivity contribution in [1.29, 1.82) is 0 Å². The van der Waals surface area contributed by atoms with E-state index >= 15 is 0 Å². The van der Waals surface area contributed by atoms with E-state index in [-0.39, 0.29) is 35.6 Å². The molecule has 1 aliphatic heterocycles. The first-order valence-electron chi connectivity index (χ1n) is 12.7. The topological polar surface area (TPSA) is 123 Å². The van der Waals surface area contributed by atoms with E-state index in [1.165, 1.54) is 6.92 Å². The van der Waals surface area contributed by atoms with Gasteiger partial charge >= 0.3 is 0 Å². The van der Waals surface area contributed by atoms with Gasteiger partial charge in [0.05, 0.1) is 5.52 Å². The van der Waals surface area contributed by atoms with Crippen LogP contribution < -0.4 is 5.32 Å². The largest absolute Gasteiger partial charge is 0.325 e. The molecule has 0 spiro atoms. The monoisotopic (exact) mass is 587 g/mol. The number of nitrogens with one attached hydrogen (secondary N) is 1. The first-order chi connectivity index (χ1) is 18.6. The average Bonchev–Trinajstić information content (AvgIpc) is 3.26. The van der Waals surface area contributed by atoms with Crippen molar-refractivity contribution in [2.45, 2.75) is 52.2 Å². The molecular weight excluding hydrogens is 562 g/mol. The standard InChI is InChI=1S/C28H26BrN7O3/c1-15(37)26-19-9-17(18-12-30-16(2)31-13-18)7-8-20(19)35(34-26)14-25(38)36-21(10-28(3)11-22(28)36)27(39)33-24-6-4-5-23(29)32-24/h4-9,12-13,21-22H,10-11,14H2,1-3H3,(H,32,33,39)/t21-,22+,28-/m0/s1. The number of ketones is 1. The maximum atomic E-state index is 13.7. The highest BCUT2D eigenvalue weighted by molar-refractivity contribution is 9.10. The third kappa shape index (κ3) is 4.60. The quantitative estimate of drug-likeness (QED) is 0.265. The molecule has 0 unspecified atom stereocenters. The third-order valence-electron chi connectivity index (χ3n) is 7.68. The summed E-state index contributed by atoms with van der Waals surface area (Å²) >= 11 is 3.32. The van der Waals surface area contributed by atoms with Crippen LogP contribution >= 0.6 is 15.9 Å². The van der Waals surface area contributed by atoms with Gasteiger partial charge in [0, 0.05) is 36.3 Å². The number of fused-ring (bicyclic) bond motifs is 2. The molecule has 2 fully saturated rings. The molecule has 4 aromatic rings. The second-order valence-electron chi connectivity index (χ2n) is 10.5. The lowest BCUT2D eigenvalue weighted by Crippen LogP contribution is -2.46. The van der Waals surface area contributed by atoms with Crippen LogP contribution in [0.2, 0.25) is 0 Å². The van der Waals surface area contributed by atoms with E-state index in [4.69, 9.17) is 0 Å². The van der Waals surface area contributed by atoms with Crippen LogP contribution in [-0.4, -0.2) is 59.3 Å². The number of likely N-dealkylation sites (tertiary alicyclic amines) is 1. The molecule has 4 heterocycles. The minimum Gasteiger partial charge on any atom is -0.325 e. The zero-order valence-electron chi connectivity index (χ0n) is 21.7. The summed E-state index contributed by atoms with van der Waals surface area (Å²) in [6.45, 7) is 5.30.